The van der Waals surface area contributed by atoms with Crippen molar-refractivity contribution in [2.45, 2.75) is 19.8 Å². The third-order valence-electron chi connectivity index (χ3n) is 3.38. The van der Waals surface area contributed by atoms with E-state index < -0.39 is 0 Å². The Morgan fingerprint density at radius 2 is 2.14 bits per heavy atom. The summed E-state index contributed by atoms with van der Waals surface area (Å²) in [5.74, 6) is 0.143. The van der Waals surface area contributed by atoms with Crippen LogP contribution in [0.25, 0.3) is 5.69 Å². The molecule has 0 aliphatic heterocycles. The predicted molar refractivity (Wildman–Crippen MR) is 81.4 cm³/mol. The van der Waals surface area contributed by atoms with Crippen molar-refractivity contribution in [2.24, 2.45) is 5.92 Å². The van der Waals surface area contributed by atoms with Crippen LogP contribution in [0.4, 0.5) is 0 Å². The minimum atomic E-state index is -0.131. The number of carbonyl (C=O) groups excluding carboxylic acids is 1. The second-order valence-corrected chi connectivity index (χ2v) is 5.17. The van der Waals surface area contributed by atoms with Gasteiger partial charge in [0, 0.05) is 18.8 Å². The van der Waals surface area contributed by atoms with Crippen LogP contribution in [0.1, 0.15) is 30.3 Å². The fraction of sp³-hybridized carbons (Fsp3) is 0.375. The van der Waals surface area contributed by atoms with Gasteiger partial charge in [-0.2, -0.15) is 0 Å². The monoisotopic (exact) mass is 287 g/mol. The number of amides is 1. The van der Waals surface area contributed by atoms with Gasteiger partial charge in [0.1, 0.15) is 5.69 Å². The zero-order chi connectivity index (χ0) is 15.1. The molecule has 1 unspecified atom stereocenters. The van der Waals surface area contributed by atoms with Crippen LogP contribution in [0.5, 0.6) is 0 Å². The lowest BCUT2D eigenvalue weighted by Crippen LogP contribution is -2.26. The summed E-state index contributed by atoms with van der Waals surface area (Å²) in [6, 6.07) is 9.64. The van der Waals surface area contributed by atoms with E-state index in [1.165, 1.54) is 0 Å². The first-order valence-corrected chi connectivity index (χ1v) is 7.19. The van der Waals surface area contributed by atoms with Crippen LogP contribution in [-0.4, -0.2) is 33.7 Å². The van der Waals surface area contributed by atoms with Gasteiger partial charge >= 0.3 is 0 Å². The maximum Gasteiger partial charge on any atom is 0.269 e. The molecule has 112 valence electrons. The Hall–Kier alpha value is -2.14. The molecule has 2 N–H and O–H groups in total. The normalized spacial score (nSPS) is 12.1. The van der Waals surface area contributed by atoms with Gasteiger partial charge in [0.25, 0.3) is 5.91 Å². The number of carbonyl (C=O) groups is 1. The summed E-state index contributed by atoms with van der Waals surface area (Å²) >= 11 is 0. The Morgan fingerprint density at radius 3 is 2.86 bits per heavy atom. The molecule has 0 aliphatic carbocycles. The molecule has 0 radical (unpaired) electrons. The van der Waals surface area contributed by atoms with E-state index in [2.05, 4.69) is 10.3 Å². The zero-order valence-corrected chi connectivity index (χ0v) is 12.2. The molecule has 1 atom stereocenters. The van der Waals surface area contributed by atoms with Gasteiger partial charge in [-0.05, 0) is 30.9 Å². The summed E-state index contributed by atoms with van der Waals surface area (Å²) in [6.45, 7) is 2.78. The van der Waals surface area contributed by atoms with E-state index in [1.54, 1.807) is 17.1 Å². The number of rotatable bonds is 7. The lowest BCUT2D eigenvalue weighted by Gasteiger charge is -2.10. The molecule has 2 aromatic rings. The molecule has 1 amide bonds. The first-order chi connectivity index (χ1) is 10.2. The first kappa shape index (κ1) is 15.3. The fourth-order valence-corrected chi connectivity index (χ4v) is 2.09. The van der Waals surface area contributed by atoms with Gasteiger partial charge in [-0.25, -0.2) is 4.98 Å². The van der Waals surface area contributed by atoms with E-state index in [-0.39, 0.29) is 18.4 Å². The molecule has 0 saturated heterocycles. The number of hydrogen-bond acceptors (Lipinski definition) is 3. The highest BCUT2D eigenvalue weighted by molar-refractivity contribution is 5.92. The summed E-state index contributed by atoms with van der Waals surface area (Å²) in [6.07, 6.45) is 4.96. The summed E-state index contributed by atoms with van der Waals surface area (Å²) < 4.78 is 1.77. The second kappa shape index (κ2) is 7.59. The number of hydrogen-bond donors (Lipinski definition) is 2. The SMILES string of the molecule is CC(CO)CCCNC(=O)c1cncn1-c1ccccc1. The number of imidazole rings is 1. The second-order valence-electron chi connectivity index (χ2n) is 5.17. The fourth-order valence-electron chi connectivity index (χ4n) is 2.09. The van der Waals surface area contributed by atoms with Crippen molar-refractivity contribution in [3.63, 3.8) is 0 Å². The molecule has 1 heterocycles. The summed E-state index contributed by atoms with van der Waals surface area (Å²) in [5, 5.41) is 11.9. The van der Waals surface area contributed by atoms with Gasteiger partial charge in [0.05, 0.1) is 12.5 Å². The van der Waals surface area contributed by atoms with Crippen molar-refractivity contribution in [1.82, 2.24) is 14.9 Å². The van der Waals surface area contributed by atoms with E-state index in [9.17, 15) is 4.79 Å². The number of aromatic nitrogens is 2. The van der Waals surface area contributed by atoms with E-state index >= 15 is 0 Å². The highest BCUT2D eigenvalue weighted by Gasteiger charge is 2.12. The van der Waals surface area contributed by atoms with Gasteiger partial charge < -0.3 is 10.4 Å². The maximum atomic E-state index is 12.2. The maximum absolute atomic E-state index is 12.2. The van der Waals surface area contributed by atoms with Crippen molar-refractivity contribution in [3.05, 3.63) is 48.5 Å². The van der Waals surface area contributed by atoms with Crippen LogP contribution in [0, 0.1) is 5.92 Å². The number of aliphatic hydroxyl groups excluding tert-OH is 1. The third kappa shape index (κ3) is 4.16. The van der Waals surface area contributed by atoms with Crippen LogP contribution in [0.2, 0.25) is 0 Å². The van der Waals surface area contributed by atoms with Gasteiger partial charge in [0.15, 0.2) is 0 Å². The quantitative estimate of drug-likeness (QED) is 0.766. The average molecular weight is 287 g/mol. The highest BCUT2D eigenvalue weighted by atomic mass is 16.3. The molecule has 21 heavy (non-hydrogen) atoms. The summed E-state index contributed by atoms with van der Waals surface area (Å²) in [4.78, 5) is 16.3. The molecule has 1 aromatic heterocycles. The molecular formula is C16H21N3O2. The van der Waals surface area contributed by atoms with Crippen LogP contribution < -0.4 is 5.32 Å². The number of aliphatic hydroxyl groups is 1. The lowest BCUT2D eigenvalue weighted by atomic mass is 10.1. The van der Waals surface area contributed by atoms with Gasteiger partial charge in [-0.3, -0.25) is 9.36 Å². The molecule has 2 rings (SSSR count). The molecule has 0 aliphatic rings. The Bertz CT molecular complexity index is 566. The Kier molecular flexibility index (Phi) is 5.51. The standard InChI is InChI=1S/C16H21N3O2/c1-13(11-20)6-5-9-18-16(21)15-10-17-12-19(15)14-7-3-2-4-8-14/h2-4,7-8,10,12-13,20H,5-6,9,11H2,1H3,(H,18,21). The number of nitrogens with one attached hydrogen (secondary N) is 1. The molecule has 0 spiro atoms. The summed E-state index contributed by atoms with van der Waals surface area (Å²) in [7, 11) is 0. The Morgan fingerprint density at radius 1 is 1.38 bits per heavy atom. The molecule has 5 nitrogen and oxygen atoms in total. The third-order valence-corrected chi connectivity index (χ3v) is 3.38. The van der Waals surface area contributed by atoms with Crippen LogP contribution in [0.15, 0.2) is 42.9 Å². The van der Waals surface area contributed by atoms with Crippen molar-refractivity contribution < 1.29 is 9.90 Å². The molecular weight excluding hydrogens is 266 g/mol. The van der Waals surface area contributed by atoms with E-state index in [0.29, 0.717) is 12.2 Å². The molecule has 1 aromatic carbocycles. The van der Waals surface area contributed by atoms with Gasteiger partial charge in [0.2, 0.25) is 0 Å². The topological polar surface area (TPSA) is 67.2 Å². The smallest absolute Gasteiger partial charge is 0.269 e. The van der Waals surface area contributed by atoms with Gasteiger partial charge in [-0.15, -0.1) is 0 Å². The Labute approximate surface area is 124 Å². The average Bonchev–Trinajstić information content (AvgIpc) is 3.01. The van der Waals surface area contributed by atoms with Crippen molar-refractivity contribution >= 4 is 5.91 Å². The molecule has 0 fully saturated rings. The number of nitrogens with zero attached hydrogens (tertiary/aromatic N) is 2. The minimum absolute atomic E-state index is 0.131. The Balaban J connectivity index is 1.93. The van der Waals surface area contributed by atoms with Crippen LogP contribution in [0.3, 0.4) is 0 Å². The van der Waals surface area contributed by atoms with E-state index in [4.69, 9.17) is 5.11 Å². The minimum Gasteiger partial charge on any atom is -0.396 e. The molecule has 0 bridgehead atoms. The molecule has 5 heteroatoms. The predicted octanol–water partition coefficient (Wildman–Crippen LogP) is 2.01. The zero-order valence-electron chi connectivity index (χ0n) is 12.2. The lowest BCUT2D eigenvalue weighted by molar-refractivity contribution is 0.0945. The molecule has 0 saturated carbocycles. The highest BCUT2D eigenvalue weighted by Crippen LogP contribution is 2.10. The number of benzene rings is 1. The van der Waals surface area contributed by atoms with E-state index in [0.717, 1.165) is 18.5 Å². The van der Waals surface area contributed by atoms with Crippen LogP contribution in [-0.2, 0) is 0 Å². The van der Waals surface area contributed by atoms with Crippen molar-refractivity contribution in [3.8, 4) is 5.69 Å². The van der Waals surface area contributed by atoms with Crippen molar-refractivity contribution in [2.75, 3.05) is 13.2 Å². The number of para-hydroxylation sites is 1. The van der Waals surface area contributed by atoms with Crippen LogP contribution >= 0.6 is 0 Å². The van der Waals surface area contributed by atoms with Gasteiger partial charge in [-0.1, -0.05) is 25.1 Å². The van der Waals surface area contributed by atoms with Crippen molar-refractivity contribution in [1.29, 1.82) is 0 Å². The van der Waals surface area contributed by atoms with E-state index in [1.807, 2.05) is 37.3 Å². The first-order valence-electron chi connectivity index (χ1n) is 7.19. The summed E-state index contributed by atoms with van der Waals surface area (Å²) in [5.41, 5.74) is 1.44. The largest absolute Gasteiger partial charge is 0.396 e.